The van der Waals surface area contributed by atoms with Crippen molar-refractivity contribution in [3.63, 3.8) is 0 Å². The molecule has 0 heterocycles. The number of benzene rings is 3. The molecular weight excluding hydrogens is 384 g/mol. The molecule has 0 aromatic heterocycles. The molecule has 0 aliphatic rings. The van der Waals surface area contributed by atoms with E-state index in [1.807, 2.05) is 32.0 Å². The van der Waals surface area contributed by atoms with E-state index < -0.39 is 24.4 Å². The largest absolute Gasteiger partial charge is 0.506 e. The van der Waals surface area contributed by atoms with Crippen LogP contribution in [0.4, 0.5) is 5.69 Å². The number of carbonyl (C=O) groups excluding carboxylic acids is 3. The smallest absolute Gasteiger partial charge is 0.342 e. The number of amides is 2. The van der Waals surface area contributed by atoms with Crippen LogP contribution in [-0.4, -0.2) is 36.0 Å². The van der Waals surface area contributed by atoms with Gasteiger partial charge in [-0.15, -0.1) is 0 Å². The van der Waals surface area contributed by atoms with Gasteiger partial charge in [-0.3, -0.25) is 9.59 Å². The van der Waals surface area contributed by atoms with Crippen molar-refractivity contribution in [3.8, 4) is 5.75 Å². The molecule has 3 aromatic rings. The van der Waals surface area contributed by atoms with E-state index in [1.165, 1.54) is 6.07 Å². The third-order valence-electron chi connectivity index (χ3n) is 4.78. The molecule has 0 fully saturated rings. The summed E-state index contributed by atoms with van der Waals surface area (Å²) in [6.45, 7) is 3.01. The Hall–Kier alpha value is -3.87. The summed E-state index contributed by atoms with van der Waals surface area (Å²) in [6.07, 6.45) is 0. The number of carbonyl (C=O) groups is 3. The first-order chi connectivity index (χ1) is 14.4. The molecule has 0 aliphatic carbocycles. The van der Waals surface area contributed by atoms with Crippen molar-refractivity contribution in [3.05, 3.63) is 71.3 Å². The number of ether oxygens (including phenoxy) is 1. The molecule has 7 heteroatoms. The third-order valence-corrected chi connectivity index (χ3v) is 4.78. The van der Waals surface area contributed by atoms with Crippen LogP contribution in [0.2, 0.25) is 0 Å². The first-order valence-corrected chi connectivity index (χ1v) is 9.37. The first-order valence-electron chi connectivity index (χ1n) is 9.37. The van der Waals surface area contributed by atoms with E-state index in [0.717, 1.165) is 16.5 Å². The van der Waals surface area contributed by atoms with Crippen LogP contribution in [0.1, 0.15) is 21.5 Å². The molecule has 3 N–H and O–H groups in total. The minimum absolute atomic E-state index is 0.0332. The molecule has 154 valence electrons. The number of hydrogen-bond donors (Lipinski definition) is 3. The van der Waals surface area contributed by atoms with Crippen molar-refractivity contribution < 1.29 is 24.2 Å². The van der Waals surface area contributed by atoms with Gasteiger partial charge in [0.25, 0.3) is 5.91 Å². The van der Waals surface area contributed by atoms with Crippen LogP contribution in [0.5, 0.6) is 5.75 Å². The average molecular weight is 406 g/mol. The van der Waals surface area contributed by atoms with Crippen LogP contribution in [-0.2, 0) is 14.3 Å². The van der Waals surface area contributed by atoms with Gasteiger partial charge in [-0.1, -0.05) is 42.5 Å². The highest BCUT2D eigenvalue weighted by molar-refractivity contribution is 6.02. The number of phenols is 1. The summed E-state index contributed by atoms with van der Waals surface area (Å²) in [4.78, 5) is 36.2. The van der Waals surface area contributed by atoms with E-state index in [4.69, 9.17) is 4.74 Å². The SMILES string of the molecule is Cc1cccc(NC(=O)CNC(=O)COC(=O)c2ccc3ccccc3c2O)c1C. The summed E-state index contributed by atoms with van der Waals surface area (Å²) in [7, 11) is 0. The summed E-state index contributed by atoms with van der Waals surface area (Å²) in [5, 5.41) is 16.7. The second-order valence-electron chi connectivity index (χ2n) is 6.83. The Bertz CT molecular complexity index is 1120. The maximum Gasteiger partial charge on any atom is 0.342 e. The zero-order valence-corrected chi connectivity index (χ0v) is 16.7. The first kappa shape index (κ1) is 20.9. The molecule has 3 rings (SSSR count). The predicted molar refractivity (Wildman–Crippen MR) is 113 cm³/mol. The van der Waals surface area contributed by atoms with E-state index in [-0.39, 0.29) is 17.9 Å². The van der Waals surface area contributed by atoms with Crippen LogP contribution in [0.25, 0.3) is 10.8 Å². The number of rotatable bonds is 6. The fourth-order valence-electron chi connectivity index (χ4n) is 2.94. The Morgan fingerprint density at radius 2 is 1.70 bits per heavy atom. The minimum atomic E-state index is -0.826. The molecule has 0 saturated heterocycles. The minimum Gasteiger partial charge on any atom is -0.506 e. The zero-order chi connectivity index (χ0) is 21.7. The Labute approximate surface area is 173 Å². The monoisotopic (exact) mass is 406 g/mol. The quantitative estimate of drug-likeness (QED) is 0.546. The van der Waals surface area contributed by atoms with Gasteiger partial charge in [0.15, 0.2) is 6.61 Å². The normalized spacial score (nSPS) is 10.5. The number of phenolic OH excluding ortho intramolecular Hbond substituents is 1. The molecule has 0 aliphatic heterocycles. The lowest BCUT2D eigenvalue weighted by Gasteiger charge is -2.11. The van der Waals surface area contributed by atoms with Gasteiger partial charge < -0.3 is 20.5 Å². The highest BCUT2D eigenvalue weighted by Gasteiger charge is 2.17. The molecule has 0 saturated carbocycles. The molecule has 3 aromatic carbocycles. The summed E-state index contributed by atoms with van der Waals surface area (Å²) in [5.74, 6) is -2.05. The van der Waals surface area contributed by atoms with Crippen LogP contribution in [0, 0.1) is 13.8 Å². The summed E-state index contributed by atoms with van der Waals surface area (Å²) in [6, 6.07) is 15.7. The van der Waals surface area contributed by atoms with Crippen LogP contribution < -0.4 is 10.6 Å². The molecule has 0 radical (unpaired) electrons. The van der Waals surface area contributed by atoms with Gasteiger partial charge in [0.1, 0.15) is 11.3 Å². The van der Waals surface area contributed by atoms with Crippen LogP contribution in [0.3, 0.4) is 0 Å². The standard InChI is InChI=1S/C23H22N2O5/c1-14-6-5-9-19(15(14)2)25-20(26)12-24-21(27)13-30-23(29)18-11-10-16-7-3-4-8-17(16)22(18)28/h3-11,28H,12-13H2,1-2H3,(H,24,27)(H,25,26). The van der Waals surface area contributed by atoms with Gasteiger partial charge in [0, 0.05) is 11.1 Å². The predicted octanol–water partition coefficient (Wildman–Crippen LogP) is 3.07. The van der Waals surface area contributed by atoms with Gasteiger partial charge in [0.2, 0.25) is 5.91 Å². The number of esters is 1. The average Bonchev–Trinajstić information content (AvgIpc) is 2.74. The number of aromatic hydroxyl groups is 1. The second kappa shape index (κ2) is 9.09. The van der Waals surface area contributed by atoms with E-state index in [1.54, 1.807) is 30.3 Å². The number of hydrogen-bond acceptors (Lipinski definition) is 5. The van der Waals surface area contributed by atoms with Crippen molar-refractivity contribution in [1.82, 2.24) is 5.32 Å². The van der Waals surface area contributed by atoms with Crippen molar-refractivity contribution in [2.75, 3.05) is 18.5 Å². The van der Waals surface area contributed by atoms with Crippen LogP contribution in [0.15, 0.2) is 54.6 Å². The number of nitrogens with one attached hydrogen (secondary N) is 2. The van der Waals surface area contributed by atoms with E-state index >= 15 is 0 Å². The maximum atomic E-state index is 12.2. The number of anilines is 1. The summed E-state index contributed by atoms with van der Waals surface area (Å²) < 4.78 is 4.96. The fraction of sp³-hybridized carbons (Fsp3) is 0.174. The van der Waals surface area contributed by atoms with Gasteiger partial charge in [-0.2, -0.15) is 0 Å². The summed E-state index contributed by atoms with van der Waals surface area (Å²) >= 11 is 0. The fourth-order valence-corrected chi connectivity index (χ4v) is 2.94. The van der Waals surface area contributed by atoms with Crippen molar-refractivity contribution in [2.24, 2.45) is 0 Å². The Kier molecular flexibility index (Phi) is 6.32. The Balaban J connectivity index is 1.51. The number of aryl methyl sites for hydroxylation is 1. The third kappa shape index (κ3) is 4.75. The highest BCUT2D eigenvalue weighted by Crippen LogP contribution is 2.28. The lowest BCUT2D eigenvalue weighted by Crippen LogP contribution is -2.35. The van der Waals surface area contributed by atoms with E-state index in [2.05, 4.69) is 10.6 Å². The van der Waals surface area contributed by atoms with Crippen molar-refractivity contribution in [1.29, 1.82) is 0 Å². The van der Waals surface area contributed by atoms with E-state index in [9.17, 15) is 19.5 Å². The molecular formula is C23H22N2O5. The highest BCUT2D eigenvalue weighted by atomic mass is 16.5. The Morgan fingerprint density at radius 1 is 0.933 bits per heavy atom. The zero-order valence-electron chi connectivity index (χ0n) is 16.7. The van der Waals surface area contributed by atoms with Crippen LogP contribution >= 0.6 is 0 Å². The lowest BCUT2D eigenvalue weighted by atomic mass is 10.1. The van der Waals surface area contributed by atoms with Crippen molar-refractivity contribution >= 4 is 34.2 Å². The van der Waals surface area contributed by atoms with Gasteiger partial charge in [-0.25, -0.2) is 4.79 Å². The van der Waals surface area contributed by atoms with E-state index in [0.29, 0.717) is 11.1 Å². The Morgan fingerprint density at radius 3 is 2.50 bits per heavy atom. The molecule has 2 amide bonds. The van der Waals surface area contributed by atoms with Crippen molar-refractivity contribution in [2.45, 2.75) is 13.8 Å². The number of fused-ring (bicyclic) bond motifs is 1. The lowest BCUT2D eigenvalue weighted by molar-refractivity contribution is -0.126. The molecule has 0 spiro atoms. The molecule has 0 bridgehead atoms. The molecule has 0 unspecified atom stereocenters. The molecule has 7 nitrogen and oxygen atoms in total. The second-order valence-corrected chi connectivity index (χ2v) is 6.83. The maximum absolute atomic E-state index is 12.2. The van der Waals surface area contributed by atoms with Gasteiger partial charge in [0.05, 0.1) is 6.54 Å². The van der Waals surface area contributed by atoms with Gasteiger partial charge >= 0.3 is 5.97 Å². The molecule has 30 heavy (non-hydrogen) atoms. The topological polar surface area (TPSA) is 105 Å². The van der Waals surface area contributed by atoms with Gasteiger partial charge in [-0.05, 0) is 42.5 Å². The summed E-state index contributed by atoms with van der Waals surface area (Å²) in [5.41, 5.74) is 2.63. The molecule has 0 atom stereocenters.